The van der Waals surface area contributed by atoms with Crippen molar-refractivity contribution in [3.63, 3.8) is 0 Å². The van der Waals surface area contributed by atoms with Gasteiger partial charge in [0.15, 0.2) is 11.5 Å². The summed E-state index contributed by atoms with van der Waals surface area (Å²) in [4.78, 5) is 14.4. The van der Waals surface area contributed by atoms with E-state index in [0.29, 0.717) is 29.4 Å². The van der Waals surface area contributed by atoms with Crippen molar-refractivity contribution >= 4 is 5.91 Å². The minimum atomic E-state index is -0.150. The second-order valence-electron chi connectivity index (χ2n) is 5.42. The lowest BCUT2D eigenvalue weighted by molar-refractivity contribution is 0.0781. The predicted molar refractivity (Wildman–Crippen MR) is 87.9 cm³/mol. The molecule has 1 aliphatic rings. The number of ether oxygens (including phenoxy) is 4. The number of amides is 1. The molecule has 2 aromatic rings. The van der Waals surface area contributed by atoms with Gasteiger partial charge in [-0.1, -0.05) is 6.07 Å². The molecule has 2 aromatic carbocycles. The summed E-state index contributed by atoms with van der Waals surface area (Å²) in [6, 6.07) is 10.8. The van der Waals surface area contributed by atoms with Gasteiger partial charge in [-0.15, -0.1) is 0 Å². The summed E-state index contributed by atoms with van der Waals surface area (Å²) in [5, 5.41) is 0. The lowest BCUT2D eigenvalue weighted by atomic mass is 10.1. The molecule has 0 aliphatic carbocycles. The first-order chi connectivity index (χ1) is 11.6. The predicted octanol–water partition coefficient (Wildman–Crippen LogP) is 2.70. The van der Waals surface area contributed by atoms with Crippen molar-refractivity contribution in [3.8, 4) is 23.0 Å². The Morgan fingerprint density at radius 2 is 1.88 bits per heavy atom. The molecule has 0 bridgehead atoms. The zero-order chi connectivity index (χ0) is 17.1. The number of hydrogen-bond acceptors (Lipinski definition) is 5. The number of methoxy groups -OCH3 is 2. The molecule has 0 fully saturated rings. The molecule has 6 nitrogen and oxygen atoms in total. The average Bonchev–Trinajstić information content (AvgIpc) is 3.08. The average molecular weight is 329 g/mol. The third-order valence-electron chi connectivity index (χ3n) is 3.84. The molecule has 24 heavy (non-hydrogen) atoms. The van der Waals surface area contributed by atoms with Crippen molar-refractivity contribution in [2.45, 2.75) is 6.54 Å². The zero-order valence-corrected chi connectivity index (χ0v) is 13.9. The van der Waals surface area contributed by atoms with Crippen LogP contribution in [0.2, 0.25) is 0 Å². The van der Waals surface area contributed by atoms with E-state index in [1.807, 2.05) is 18.2 Å². The van der Waals surface area contributed by atoms with Gasteiger partial charge >= 0.3 is 0 Å². The van der Waals surface area contributed by atoms with Crippen LogP contribution in [0, 0.1) is 0 Å². The number of rotatable bonds is 5. The second-order valence-corrected chi connectivity index (χ2v) is 5.42. The smallest absolute Gasteiger partial charge is 0.257 e. The van der Waals surface area contributed by atoms with Gasteiger partial charge in [0.25, 0.3) is 5.91 Å². The first-order valence-electron chi connectivity index (χ1n) is 7.48. The molecular formula is C18H19NO5. The first kappa shape index (κ1) is 16.0. The van der Waals surface area contributed by atoms with E-state index < -0.39 is 0 Å². The minimum Gasteiger partial charge on any atom is -0.497 e. The van der Waals surface area contributed by atoms with E-state index >= 15 is 0 Å². The van der Waals surface area contributed by atoms with E-state index in [2.05, 4.69) is 0 Å². The van der Waals surface area contributed by atoms with Crippen molar-refractivity contribution in [2.75, 3.05) is 28.1 Å². The Balaban J connectivity index is 1.79. The highest BCUT2D eigenvalue weighted by molar-refractivity contribution is 5.97. The molecule has 0 unspecified atom stereocenters. The maximum Gasteiger partial charge on any atom is 0.257 e. The molecule has 0 aromatic heterocycles. The van der Waals surface area contributed by atoms with Crippen LogP contribution in [0.4, 0.5) is 0 Å². The summed E-state index contributed by atoms with van der Waals surface area (Å²) in [5.74, 6) is 2.40. The lowest BCUT2D eigenvalue weighted by Crippen LogP contribution is -2.26. The highest BCUT2D eigenvalue weighted by Gasteiger charge is 2.19. The second kappa shape index (κ2) is 6.70. The Kier molecular flexibility index (Phi) is 4.46. The number of hydrogen-bond donors (Lipinski definition) is 0. The van der Waals surface area contributed by atoms with Gasteiger partial charge in [-0.3, -0.25) is 4.79 Å². The highest BCUT2D eigenvalue weighted by Crippen LogP contribution is 2.33. The SMILES string of the molecule is COc1ccc(OC)c(C(=O)N(C)Cc2ccc3c(c2)OCO3)c1. The van der Waals surface area contributed by atoms with E-state index in [9.17, 15) is 4.79 Å². The lowest BCUT2D eigenvalue weighted by Gasteiger charge is -2.19. The van der Waals surface area contributed by atoms with Crippen molar-refractivity contribution in [1.82, 2.24) is 4.90 Å². The molecule has 126 valence electrons. The molecule has 0 spiro atoms. The third kappa shape index (κ3) is 3.08. The Labute approximate surface area is 140 Å². The quantitative estimate of drug-likeness (QED) is 0.844. The van der Waals surface area contributed by atoms with Gasteiger partial charge in [0.1, 0.15) is 11.5 Å². The Bertz CT molecular complexity index is 759. The van der Waals surface area contributed by atoms with Gasteiger partial charge in [-0.05, 0) is 35.9 Å². The Morgan fingerprint density at radius 1 is 1.08 bits per heavy atom. The molecule has 0 saturated heterocycles. The van der Waals surface area contributed by atoms with Crippen molar-refractivity contribution in [3.05, 3.63) is 47.5 Å². The standard InChI is InChI=1S/C18H19NO5/c1-19(10-12-4-6-16-17(8-12)24-11-23-16)18(20)14-9-13(21-2)5-7-15(14)22-3/h4-9H,10-11H2,1-3H3. The molecule has 0 saturated carbocycles. The van der Waals surface area contributed by atoms with Crippen molar-refractivity contribution < 1.29 is 23.7 Å². The summed E-state index contributed by atoms with van der Waals surface area (Å²) in [5.41, 5.74) is 1.41. The summed E-state index contributed by atoms with van der Waals surface area (Å²) in [6.07, 6.45) is 0. The van der Waals surface area contributed by atoms with Crippen LogP contribution in [0.25, 0.3) is 0 Å². The van der Waals surface area contributed by atoms with E-state index in [1.165, 1.54) is 7.11 Å². The fraction of sp³-hybridized carbons (Fsp3) is 0.278. The molecule has 1 aliphatic heterocycles. The molecule has 6 heteroatoms. The van der Waals surface area contributed by atoms with Gasteiger partial charge in [-0.25, -0.2) is 0 Å². The minimum absolute atomic E-state index is 0.150. The fourth-order valence-corrected chi connectivity index (χ4v) is 2.57. The van der Waals surface area contributed by atoms with Gasteiger partial charge in [0.2, 0.25) is 6.79 Å². The largest absolute Gasteiger partial charge is 0.497 e. The molecule has 0 N–H and O–H groups in total. The summed E-state index contributed by atoms with van der Waals surface area (Å²) in [7, 11) is 4.84. The van der Waals surface area contributed by atoms with Crippen molar-refractivity contribution in [2.24, 2.45) is 0 Å². The van der Waals surface area contributed by atoms with Crippen LogP contribution < -0.4 is 18.9 Å². The Hall–Kier alpha value is -2.89. The van der Waals surface area contributed by atoms with Gasteiger partial charge in [-0.2, -0.15) is 0 Å². The third-order valence-corrected chi connectivity index (χ3v) is 3.84. The zero-order valence-electron chi connectivity index (χ0n) is 13.9. The van der Waals surface area contributed by atoms with Crippen LogP contribution in [0.1, 0.15) is 15.9 Å². The highest BCUT2D eigenvalue weighted by atomic mass is 16.7. The maximum atomic E-state index is 12.8. The van der Waals surface area contributed by atoms with E-state index in [0.717, 1.165) is 11.3 Å². The summed E-state index contributed by atoms with van der Waals surface area (Å²) in [6.45, 7) is 0.671. The molecular weight excluding hydrogens is 310 g/mol. The number of carbonyl (C=O) groups excluding carboxylic acids is 1. The Morgan fingerprint density at radius 3 is 2.62 bits per heavy atom. The molecule has 3 rings (SSSR count). The van der Waals surface area contributed by atoms with E-state index in [1.54, 1.807) is 37.3 Å². The van der Waals surface area contributed by atoms with Gasteiger partial charge < -0.3 is 23.8 Å². The normalized spacial score (nSPS) is 12.0. The van der Waals surface area contributed by atoms with Crippen LogP contribution in [-0.2, 0) is 6.54 Å². The molecule has 1 amide bonds. The maximum absolute atomic E-state index is 12.8. The van der Waals surface area contributed by atoms with Crippen LogP contribution in [-0.4, -0.2) is 38.9 Å². The number of fused-ring (bicyclic) bond motifs is 1. The van der Waals surface area contributed by atoms with Crippen LogP contribution in [0.3, 0.4) is 0 Å². The molecule has 0 radical (unpaired) electrons. The van der Waals surface area contributed by atoms with Gasteiger partial charge in [0, 0.05) is 13.6 Å². The summed E-state index contributed by atoms with van der Waals surface area (Å²) < 4.78 is 21.2. The fourth-order valence-electron chi connectivity index (χ4n) is 2.57. The van der Waals surface area contributed by atoms with Crippen molar-refractivity contribution in [1.29, 1.82) is 0 Å². The van der Waals surface area contributed by atoms with E-state index in [-0.39, 0.29) is 12.7 Å². The molecule has 1 heterocycles. The van der Waals surface area contributed by atoms with E-state index in [4.69, 9.17) is 18.9 Å². The topological polar surface area (TPSA) is 57.2 Å². The molecule has 0 atom stereocenters. The van der Waals surface area contributed by atoms with Crippen LogP contribution in [0.5, 0.6) is 23.0 Å². The van der Waals surface area contributed by atoms with Gasteiger partial charge in [0.05, 0.1) is 19.8 Å². The monoisotopic (exact) mass is 329 g/mol. The van der Waals surface area contributed by atoms with Crippen LogP contribution in [0.15, 0.2) is 36.4 Å². The number of carbonyl (C=O) groups is 1. The first-order valence-corrected chi connectivity index (χ1v) is 7.48. The summed E-state index contributed by atoms with van der Waals surface area (Å²) >= 11 is 0. The van der Waals surface area contributed by atoms with Crippen LogP contribution >= 0.6 is 0 Å². The number of benzene rings is 2. The number of nitrogens with zero attached hydrogens (tertiary/aromatic N) is 1.